The van der Waals surface area contributed by atoms with Gasteiger partial charge in [-0.3, -0.25) is 4.68 Å². The van der Waals surface area contributed by atoms with Crippen LogP contribution in [0.5, 0.6) is 0 Å². The Labute approximate surface area is 95.4 Å². The van der Waals surface area contributed by atoms with Gasteiger partial charge in [-0.05, 0) is 19.3 Å². The fourth-order valence-corrected chi connectivity index (χ4v) is 1.99. The molecule has 0 bridgehead atoms. The van der Waals surface area contributed by atoms with E-state index in [0.717, 1.165) is 31.6 Å². The zero-order valence-corrected chi connectivity index (χ0v) is 9.78. The van der Waals surface area contributed by atoms with E-state index < -0.39 is 0 Å². The molecule has 0 amide bonds. The smallest absolute Gasteiger partial charge is 0.0771 e. The van der Waals surface area contributed by atoms with Gasteiger partial charge in [0.05, 0.1) is 24.2 Å². The third-order valence-electron chi connectivity index (χ3n) is 2.79. The van der Waals surface area contributed by atoms with E-state index >= 15 is 0 Å². The predicted octanol–water partition coefficient (Wildman–Crippen LogP) is 2.75. The van der Waals surface area contributed by atoms with Crippen LogP contribution in [0.15, 0.2) is 12.4 Å². The molecule has 0 aliphatic carbocycles. The number of halogens is 1. The molecule has 1 fully saturated rings. The molecule has 0 radical (unpaired) electrons. The van der Waals surface area contributed by atoms with E-state index in [9.17, 15) is 0 Å². The van der Waals surface area contributed by atoms with Crippen LogP contribution in [0.2, 0.25) is 0 Å². The number of rotatable bonds is 4. The molecule has 1 aromatic rings. The number of hydrogen-bond donors (Lipinski definition) is 0. The molecule has 4 heteroatoms. The monoisotopic (exact) mass is 228 g/mol. The maximum Gasteiger partial charge on any atom is 0.0771 e. The SMILES string of the molecule is CCC(Cl)c1cnn(CC2CCCO2)c1. The van der Waals surface area contributed by atoms with Crippen LogP contribution in [-0.2, 0) is 11.3 Å². The predicted molar refractivity (Wildman–Crippen MR) is 60.1 cm³/mol. The summed E-state index contributed by atoms with van der Waals surface area (Å²) in [6, 6.07) is 0. The molecule has 84 valence electrons. The van der Waals surface area contributed by atoms with Gasteiger partial charge in [0.15, 0.2) is 0 Å². The maximum absolute atomic E-state index is 6.14. The lowest BCUT2D eigenvalue weighted by molar-refractivity contribution is 0.0940. The second-order valence-electron chi connectivity index (χ2n) is 4.01. The van der Waals surface area contributed by atoms with E-state index in [1.807, 2.05) is 17.1 Å². The van der Waals surface area contributed by atoms with Gasteiger partial charge >= 0.3 is 0 Å². The minimum atomic E-state index is 0.0863. The van der Waals surface area contributed by atoms with E-state index in [1.165, 1.54) is 6.42 Å². The first-order valence-corrected chi connectivity index (χ1v) is 6.01. The molecule has 0 N–H and O–H groups in total. The minimum Gasteiger partial charge on any atom is -0.376 e. The second-order valence-corrected chi connectivity index (χ2v) is 4.53. The van der Waals surface area contributed by atoms with Gasteiger partial charge in [-0.25, -0.2) is 0 Å². The van der Waals surface area contributed by atoms with Gasteiger partial charge in [-0.1, -0.05) is 6.92 Å². The molecule has 1 aliphatic heterocycles. The Hall–Kier alpha value is -0.540. The Bertz CT molecular complexity index is 307. The molecule has 1 saturated heterocycles. The largest absolute Gasteiger partial charge is 0.376 e. The van der Waals surface area contributed by atoms with Crippen molar-refractivity contribution in [3.63, 3.8) is 0 Å². The van der Waals surface area contributed by atoms with Crippen molar-refractivity contribution < 1.29 is 4.74 Å². The highest BCUT2D eigenvalue weighted by Gasteiger charge is 2.17. The highest BCUT2D eigenvalue weighted by molar-refractivity contribution is 6.20. The summed E-state index contributed by atoms with van der Waals surface area (Å²) < 4.78 is 7.50. The molecule has 2 atom stereocenters. The summed E-state index contributed by atoms with van der Waals surface area (Å²) in [5, 5.41) is 4.39. The second kappa shape index (κ2) is 4.99. The number of aromatic nitrogens is 2. The Morgan fingerprint density at radius 1 is 1.73 bits per heavy atom. The lowest BCUT2D eigenvalue weighted by Crippen LogP contribution is -2.15. The third kappa shape index (κ3) is 2.73. The van der Waals surface area contributed by atoms with Crippen molar-refractivity contribution in [1.29, 1.82) is 0 Å². The number of alkyl halides is 1. The molecule has 0 saturated carbocycles. The summed E-state index contributed by atoms with van der Waals surface area (Å²) in [5.41, 5.74) is 1.11. The van der Waals surface area contributed by atoms with Gasteiger partial charge in [-0.2, -0.15) is 5.10 Å². The van der Waals surface area contributed by atoms with Crippen LogP contribution in [0.4, 0.5) is 0 Å². The van der Waals surface area contributed by atoms with Gasteiger partial charge in [0, 0.05) is 18.4 Å². The van der Waals surface area contributed by atoms with Gasteiger partial charge < -0.3 is 4.74 Å². The zero-order chi connectivity index (χ0) is 10.7. The molecule has 1 aliphatic rings. The van der Waals surface area contributed by atoms with Gasteiger partial charge in [0.2, 0.25) is 0 Å². The average Bonchev–Trinajstić information content (AvgIpc) is 2.88. The van der Waals surface area contributed by atoms with Crippen LogP contribution < -0.4 is 0 Å². The van der Waals surface area contributed by atoms with E-state index in [4.69, 9.17) is 16.3 Å². The summed E-state index contributed by atoms with van der Waals surface area (Å²) in [6.07, 6.45) is 7.49. The normalized spacial score (nSPS) is 23.2. The molecule has 3 nitrogen and oxygen atoms in total. The summed E-state index contributed by atoms with van der Waals surface area (Å²) >= 11 is 6.14. The standard InChI is InChI=1S/C11H17ClN2O/c1-2-11(12)9-6-13-14(7-9)8-10-4-3-5-15-10/h6-7,10-11H,2-5,8H2,1H3. The number of ether oxygens (including phenoxy) is 1. The first kappa shape index (κ1) is 11.0. The van der Waals surface area contributed by atoms with Gasteiger partial charge in [0.1, 0.15) is 0 Å². The van der Waals surface area contributed by atoms with Crippen molar-refractivity contribution in [1.82, 2.24) is 9.78 Å². The molecule has 2 unspecified atom stereocenters. The average molecular weight is 229 g/mol. The van der Waals surface area contributed by atoms with Crippen molar-refractivity contribution in [2.45, 2.75) is 44.2 Å². The minimum absolute atomic E-state index is 0.0863. The summed E-state index contributed by atoms with van der Waals surface area (Å²) in [4.78, 5) is 0. The third-order valence-corrected chi connectivity index (χ3v) is 3.35. The highest BCUT2D eigenvalue weighted by Crippen LogP contribution is 2.23. The molecular weight excluding hydrogens is 212 g/mol. The van der Waals surface area contributed by atoms with E-state index in [2.05, 4.69) is 12.0 Å². The van der Waals surface area contributed by atoms with Crippen LogP contribution in [0.1, 0.15) is 37.1 Å². The lowest BCUT2D eigenvalue weighted by atomic mass is 10.2. The van der Waals surface area contributed by atoms with Crippen LogP contribution in [0.25, 0.3) is 0 Å². The van der Waals surface area contributed by atoms with Crippen LogP contribution >= 0.6 is 11.6 Å². The molecule has 1 aromatic heterocycles. The highest BCUT2D eigenvalue weighted by atomic mass is 35.5. The quantitative estimate of drug-likeness (QED) is 0.741. The van der Waals surface area contributed by atoms with Crippen LogP contribution in [-0.4, -0.2) is 22.5 Å². The number of nitrogens with zero attached hydrogens (tertiary/aromatic N) is 2. The Morgan fingerprint density at radius 3 is 3.27 bits per heavy atom. The molecular formula is C11H17ClN2O. The Kier molecular flexibility index (Phi) is 3.65. The van der Waals surface area contributed by atoms with Crippen molar-refractivity contribution in [3.05, 3.63) is 18.0 Å². The fourth-order valence-electron chi connectivity index (χ4n) is 1.87. The fraction of sp³-hybridized carbons (Fsp3) is 0.727. The Balaban J connectivity index is 1.94. The van der Waals surface area contributed by atoms with Gasteiger partial charge in [-0.15, -0.1) is 11.6 Å². The van der Waals surface area contributed by atoms with E-state index in [1.54, 1.807) is 0 Å². The van der Waals surface area contributed by atoms with Crippen molar-refractivity contribution >= 4 is 11.6 Å². The van der Waals surface area contributed by atoms with Crippen LogP contribution in [0, 0.1) is 0 Å². The molecule has 0 aromatic carbocycles. The van der Waals surface area contributed by atoms with Crippen LogP contribution in [0.3, 0.4) is 0 Å². The van der Waals surface area contributed by atoms with Crippen molar-refractivity contribution in [2.24, 2.45) is 0 Å². The zero-order valence-electron chi connectivity index (χ0n) is 9.03. The molecule has 15 heavy (non-hydrogen) atoms. The summed E-state index contributed by atoms with van der Waals surface area (Å²) in [5.74, 6) is 0. The first-order chi connectivity index (χ1) is 7.29. The Morgan fingerprint density at radius 2 is 2.60 bits per heavy atom. The summed E-state index contributed by atoms with van der Waals surface area (Å²) in [7, 11) is 0. The van der Waals surface area contributed by atoms with E-state index in [0.29, 0.717) is 6.10 Å². The summed E-state index contributed by atoms with van der Waals surface area (Å²) in [6.45, 7) is 3.83. The molecule has 2 heterocycles. The van der Waals surface area contributed by atoms with E-state index in [-0.39, 0.29) is 5.38 Å². The first-order valence-electron chi connectivity index (χ1n) is 5.57. The van der Waals surface area contributed by atoms with Crippen molar-refractivity contribution in [2.75, 3.05) is 6.61 Å². The van der Waals surface area contributed by atoms with Crippen molar-refractivity contribution in [3.8, 4) is 0 Å². The molecule has 2 rings (SSSR count). The maximum atomic E-state index is 6.14. The van der Waals surface area contributed by atoms with Gasteiger partial charge in [0.25, 0.3) is 0 Å². The molecule has 0 spiro atoms. The number of hydrogen-bond acceptors (Lipinski definition) is 2. The topological polar surface area (TPSA) is 27.1 Å². The lowest BCUT2D eigenvalue weighted by Gasteiger charge is -2.08.